The first kappa shape index (κ1) is 15.0. The highest BCUT2D eigenvalue weighted by Gasteiger charge is 2.31. The van der Waals surface area contributed by atoms with Gasteiger partial charge in [0.1, 0.15) is 5.82 Å². The van der Waals surface area contributed by atoms with Crippen LogP contribution < -0.4 is 0 Å². The summed E-state index contributed by atoms with van der Waals surface area (Å²) in [6.07, 6.45) is -0.717. The number of aryl methyl sites for hydroxylation is 1. The van der Waals surface area contributed by atoms with Gasteiger partial charge in [-0.3, -0.25) is 0 Å². The molecule has 0 saturated carbocycles. The van der Waals surface area contributed by atoms with Crippen LogP contribution in [-0.2, 0) is 5.41 Å². The van der Waals surface area contributed by atoms with Crippen molar-refractivity contribution < 1.29 is 9.50 Å². The molecular weight excluding hydrogens is 275 g/mol. The van der Waals surface area contributed by atoms with Crippen LogP contribution in [0.2, 0.25) is 5.02 Å². The number of aliphatic hydroxyl groups excluding tert-OH is 1. The minimum absolute atomic E-state index is 0.280. The van der Waals surface area contributed by atoms with E-state index in [2.05, 4.69) is 0 Å². The molecule has 0 saturated heterocycles. The second-order valence-corrected chi connectivity index (χ2v) is 6.05. The Bertz CT molecular complexity index is 605. The summed E-state index contributed by atoms with van der Waals surface area (Å²) in [5.74, 6) is -0.280. The van der Waals surface area contributed by atoms with Crippen molar-refractivity contribution in [1.29, 1.82) is 0 Å². The van der Waals surface area contributed by atoms with Crippen molar-refractivity contribution in [3.05, 3.63) is 70.0 Å². The van der Waals surface area contributed by atoms with E-state index in [1.165, 1.54) is 12.1 Å². The number of halogens is 2. The molecule has 1 N–H and O–H groups in total. The van der Waals surface area contributed by atoms with Crippen LogP contribution in [-0.4, -0.2) is 5.11 Å². The van der Waals surface area contributed by atoms with E-state index in [-0.39, 0.29) is 5.82 Å². The Morgan fingerprint density at radius 1 is 1.10 bits per heavy atom. The smallest absolute Gasteiger partial charge is 0.123 e. The Hall–Kier alpha value is -1.38. The third-order valence-electron chi connectivity index (χ3n) is 3.78. The number of rotatable bonds is 3. The second-order valence-electron chi connectivity index (χ2n) is 5.64. The molecule has 0 aliphatic heterocycles. The van der Waals surface area contributed by atoms with Crippen molar-refractivity contribution in [2.24, 2.45) is 0 Å². The average Bonchev–Trinajstić information content (AvgIpc) is 2.41. The van der Waals surface area contributed by atoms with Gasteiger partial charge in [0.2, 0.25) is 0 Å². The van der Waals surface area contributed by atoms with E-state index in [1.807, 2.05) is 32.9 Å². The van der Waals surface area contributed by atoms with Gasteiger partial charge in [0, 0.05) is 10.4 Å². The molecule has 0 amide bonds. The van der Waals surface area contributed by atoms with Crippen molar-refractivity contribution in [2.75, 3.05) is 0 Å². The lowest BCUT2D eigenvalue weighted by molar-refractivity contribution is 0.100. The highest BCUT2D eigenvalue weighted by molar-refractivity contribution is 6.31. The molecule has 20 heavy (non-hydrogen) atoms. The maximum absolute atomic E-state index is 13.0. The van der Waals surface area contributed by atoms with Crippen LogP contribution in [0.15, 0.2) is 42.5 Å². The Balaban J connectivity index is 2.37. The second kappa shape index (κ2) is 5.55. The maximum atomic E-state index is 13.0. The zero-order chi connectivity index (χ0) is 14.9. The minimum atomic E-state index is -0.717. The van der Waals surface area contributed by atoms with Gasteiger partial charge in [-0.1, -0.05) is 49.7 Å². The molecule has 106 valence electrons. The summed E-state index contributed by atoms with van der Waals surface area (Å²) in [6, 6.07) is 11.8. The molecule has 0 radical (unpaired) electrons. The lowest BCUT2D eigenvalue weighted by Gasteiger charge is -2.31. The Labute approximate surface area is 124 Å². The van der Waals surface area contributed by atoms with Crippen molar-refractivity contribution in [3.8, 4) is 0 Å². The van der Waals surface area contributed by atoms with Crippen LogP contribution in [0.5, 0.6) is 0 Å². The third kappa shape index (κ3) is 2.87. The molecule has 0 aromatic heterocycles. The van der Waals surface area contributed by atoms with Crippen LogP contribution in [0.4, 0.5) is 4.39 Å². The Morgan fingerprint density at radius 3 is 2.25 bits per heavy atom. The molecule has 3 heteroatoms. The van der Waals surface area contributed by atoms with Crippen LogP contribution in [0.25, 0.3) is 0 Å². The van der Waals surface area contributed by atoms with E-state index in [4.69, 9.17) is 11.6 Å². The zero-order valence-electron chi connectivity index (χ0n) is 11.8. The van der Waals surface area contributed by atoms with Crippen LogP contribution >= 0.6 is 11.6 Å². The van der Waals surface area contributed by atoms with Crippen molar-refractivity contribution in [1.82, 2.24) is 0 Å². The molecule has 2 aromatic rings. The molecule has 1 atom stereocenters. The molecule has 0 spiro atoms. The highest BCUT2D eigenvalue weighted by atomic mass is 35.5. The van der Waals surface area contributed by atoms with Gasteiger partial charge in [-0.25, -0.2) is 4.39 Å². The minimum Gasteiger partial charge on any atom is -0.388 e. The molecule has 0 aliphatic carbocycles. The first-order chi connectivity index (χ1) is 9.32. The molecule has 0 heterocycles. The van der Waals surface area contributed by atoms with E-state index in [0.29, 0.717) is 5.02 Å². The molecule has 1 nitrogen and oxygen atoms in total. The Morgan fingerprint density at radius 2 is 1.70 bits per heavy atom. The van der Waals surface area contributed by atoms with E-state index in [1.54, 1.807) is 18.2 Å². The van der Waals surface area contributed by atoms with Gasteiger partial charge in [-0.05, 0) is 41.8 Å². The van der Waals surface area contributed by atoms with Crippen molar-refractivity contribution in [2.45, 2.75) is 32.3 Å². The van der Waals surface area contributed by atoms with Crippen molar-refractivity contribution >= 4 is 11.6 Å². The monoisotopic (exact) mass is 292 g/mol. The molecule has 0 fully saturated rings. The largest absolute Gasteiger partial charge is 0.388 e. The summed E-state index contributed by atoms with van der Waals surface area (Å²) in [4.78, 5) is 0. The standard InChI is InChI=1S/C17H18ClFO/c1-11-4-5-12(10-15(11)18)16(20)17(2,3)13-6-8-14(19)9-7-13/h4-10,16,20H,1-3H3. The lowest BCUT2D eigenvalue weighted by atomic mass is 9.76. The fourth-order valence-corrected chi connectivity index (χ4v) is 2.42. The summed E-state index contributed by atoms with van der Waals surface area (Å²) in [5.41, 5.74) is 2.08. The first-order valence-corrected chi connectivity index (χ1v) is 6.90. The quantitative estimate of drug-likeness (QED) is 0.861. The average molecular weight is 293 g/mol. The SMILES string of the molecule is Cc1ccc(C(O)C(C)(C)c2ccc(F)cc2)cc1Cl. The highest BCUT2D eigenvalue weighted by Crippen LogP contribution is 2.37. The molecule has 0 bridgehead atoms. The molecular formula is C17H18ClFO. The van der Waals surface area contributed by atoms with Gasteiger partial charge < -0.3 is 5.11 Å². The summed E-state index contributed by atoms with van der Waals surface area (Å²) in [5, 5.41) is 11.3. The predicted octanol–water partition coefficient (Wildman–Crippen LogP) is 4.80. The van der Waals surface area contributed by atoms with Gasteiger partial charge in [0.15, 0.2) is 0 Å². The molecule has 2 rings (SSSR count). The normalized spacial score (nSPS) is 13.3. The van der Waals surface area contributed by atoms with Crippen LogP contribution in [0, 0.1) is 12.7 Å². The van der Waals surface area contributed by atoms with Gasteiger partial charge in [-0.15, -0.1) is 0 Å². The van der Waals surface area contributed by atoms with Gasteiger partial charge in [0.05, 0.1) is 6.10 Å². The summed E-state index contributed by atoms with van der Waals surface area (Å²) in [6.45, 7) is 5.78. The summed E-state index contributed by atoms with van der Waals surface area (Å²) >= 11 is 6.11. The zero-order valence-corrected chi connectivity index (χ0v) is 12.6. The number of benzene rings is 2. The number of hydrogen-bond acceptors (Lipinski definition) is 1. The van der Waals surface area contributed by atoms with Gasteiger partial charge in [0.25, 0.3) is 0 Å². The molecule has 2 aromatic carbocycles. The van der Waals surface area contributed by atoms with E-state index >= 15 is 0 Å². The third-order valence-corrected chi connectivity index (χ3v) is 4.19. The number of hydrogen-bond donors (Lipinski definition) is 1. The van der Waals surface area contributed by atoms with Crippen molar-refractivity contribution in [3.63, 3.8) is 0 Å². The van der Waals surface area contributed by atoms with E-state index in [0.717, 1.165) is 16.7 Å². The lowest BCUT2D eigenvalue weighted by Crippen LogP contribution is -2.26. The predicted molar refractivity (Wildman–Crippen MR) is 80.6 cm³/mol. The summed E-state index contributed by atoms with van der Waals surface area (Å²) < 4.78 is 13.0. The summed E-state index contributed by atoms with van der Waals surface area (Å²) in [7, 11) is 0. The Kier molecular flexibility index (Phi) is 4.17. The van der Waals surface area contributed by atoms with E-state index in [9.17, 15) is 9.50 Å². The van der Waals surface area contributed by atoms with E-state index < -0.39 is 11.5 Å². The first-order valence-electron chi connectivity index (χ1n) is 6.52. The van der Waals surface area contributed by atoms with Crippen LogP contribution in [0.3, 0.4) is 0 Å². The maximum Gasteiger partial charge on any atom is 0.123 e. The van der Waals surface area contributed by atoms with Gasteiger partial charge in [-0.2, -0.15) is 0 Å². The van der Waals surface area contributed by atoms with Crippen LogP contribution in [0.1, 0.15) is 36.6 Å². The molecule has 0 aliphatic rings. The van der Waals surface area contributed by atoms with Gasteiger partial charge >= 0.3 is 0 Å². The molecule has 1 unspecified atom stereocenters. The fraction of sp³-hybridized carbons (Fsp3) is 0.294. The fourth-order valence-electron chi connectivity index (χ4n) is 2.23. The number of aliphatic hydroxyl groups is 1. The topological polar surface area (TPSA) is 20.2 Å².